The Hall–Kier alpha value is -2.87. The summed E-state index contributed by atoms with van der Waals surface area (Å²) in [5.41, 5.74) is 5.15. The molecule has 61 heavy (non-hydrogen) atoms. The molecule has 15 nitrogen and oxygen atoms in total. The molecule has 5 rings (SSSR count). The lowest BCUT2D eigenvalue weighted by Crippen LogP contribution is -2.47. The fourth-order valence-electron chi connectivity index (χ4n) is 9.37. The van der Waals surface area contributed by atoms with Crippen LogP contribution >= 0.6 is 7.52 Å². The molecular formula is C45H82N9O6P. The van der Waals surface area contributed by atoms with Gasteiger partial charge in [-0.3, -0.25) is 9.46 Å². The molecule has 2 heterocycles. The quantitative estimate of drug-likeness (QED) is 0.120. The summed E-state index contributed by atoms with van der Waals surface area (Å²) < 4.78 is 31.2. The van der Waals surface area contributed by atoms with Crippen LogP contribution in [0, 0.1) is 11.8 Å². The van der Waals surface area contributed by atoms with Gasteiger partial charge < -0.3 is 39.7 Å². The highest BCUT2D eigenvalue weighted by Crippen LogP contribution is 2.44. The van der Waals surface area contributed by atoms with Crippen molar-refractivity contribution in [1.29, 1.82) is 0 Å². The summed E-state index contributed by atoms with van der Waals surface area (Å²) >= 11 is 0. The monoisotopic (exact) mass is 876 g/mol. The van der Waals surface area contributed by atoms with Crippen LogP contribution in [0.25, 0.3) is 0 Å². The summed E-state index contributed by atoms with van der Waals surface area (Å²) in [7, 11) is -2.89. The second-order valence-corrected chi connectivity index (χ2v) is 22.4. The van der Waals surface area contributed by atoms with Crippen molar-refractivity contribution in [3.63, 3.8) is 0 Å². The Bertz CT molecular complexity index is 1550. The molecule has 1 aromatic heterocycles. The average Bonchev–Trinajstić information content (AvgIpc) is 3.20. The standard InChI is InChI=1S/C45H82N9O6P/c1-8-58-61(57,50-37-16-11-9-12-17-37)31-30-51-26-28-52(29-27-51)40-32-39(46)48-41(49-40)47-33-35-20-22-36(23-21-35)34-53(42(55)59-44(2,3)4)24-15-25-54(38-18-13-10-14-19-38)43(56)60-45(5,6)7/h32,35-38H,8-31,33-34H2,1-7H3,(H,50,57)(H3,46,47,48,49). The maximum Gasteiger partial charge on any atom is 0.410 e. The molecule has 0 bridgehead atoms. The number of hydrogen-bond donors (Lipinski definition) is 3. The van der Waals surface area contributed by atoms with Gasteiger partial charge in [0.05, 0.1) is 12.8 Å². The number of carbonyl (C=O) groups excluding carboxylic acids is 2. The molecule has 0 aromatic carbocycles. The molecular weight excluding hydrogens is 794 g/mol. The third kappa shape index (κ3) is 17.0. The number of piperazine rings is 1. The summed E-state index contributed by atoms with van der Waals surface area (Å²) in [5.74, 6) is 2.65. The first-order valence-corrected chi connectivity index (χ1v) is 25.6. The number of ether oxygens (including phenoxy) is 2. The van der Waals surface area contributed by atoms with Gasteiger partial charge in [-0.1, -0.05) is 38.5 Å². The predicted molar refractivity (Wildman–Crippen MR) is 245 cm³/mol. The number of nitrogens with two attached hydrogens (primary N) is 1. The highest BCUT2D eigenvalue weighted by atomic mass is 31.2. The number of hydrogen-bond acceptors (Lipinski definition) is 12. The zero-order valence-corrected chi connectivity index (χ0v) is 39.8. The fourth-order valence-corrected chi connectivity index (χ4v) is 11.5. The van der Waals surface area contributed by atoms with Crippen LogP contribution in [-0.4, -0.2) is 132 Å². The Kier molecular flexibility index (Phi) is 18.7. The Labute approximate surface area is 367 Å². The molecule has 4 aliphatic rings. The Morgan fingerprint density at radius 3 is 2.05 bits per heavy atom. The van der Waals surface area contributed by atoms with Gasteiger partial charge in [0.25, 0.3) is 7.52 Å². The highest BCUT2D eigenvalue weighted by Gasteiger charge is 2.33. The fraction of sp³-hybridized carbons (Fsp3) is 0.867. The molecule has 0 spiro atoms. The minimum atomic E-state index is -2.89. The average molecular weight is 876 g/mol. The largest absolute Gasteiger partial charge is 0.444 e. The minimum absolute atomic E-state index is 0.181. The minimum Gasteiger partial charge on any atom is -0.444 e. The first-order valence-electron chi connectivity index (χ1n) is 23.8. The van der Waals surface area contributed by atoms with Gasteiger partial charge in [-0.05, 0) is 118 Å². The van der Waals surface area contributed by atoms with E-state index >= 15 is 0 Å². The van der Waals surface area contributed by atoms with Crippen molar-refractivity contribution in [2.45, 2.75) is 168 Å². The van der Waals surface area contributed by atoms with E-state index in [2.05, 4.69) is 25.2 Å². The van der Waals surface area contributed by atoms with Crippen LogP contribution in [0.3, 0.4) is 0 Å². The van der Waals surface area contributed by atoms with Crippen molar-refractivity contribution in [2.75, 3.05) is 87.6 Å². The topological polar surface area (TPSA) is 168 Å². The summed E-state index contributed by atoms with van der Waals surface area (Å²) in [6.07, 6.45) is 16.0. The highest BCUT2D eigenvalue weighted by molar-refractivity contribution is 7.56. The van der Waals surface area contributed by atoms with Crippen LogP contribution in [0.15, 0.2) is 6.07 Å². The van der Waals surface area contributed by atoms with Crippen molar-refractivity contribution in [2.24, 2.45) is 11.8 Å². The molecule has 3 saturated carbocycles. The molecule has 1 saturated heterocycles. The molecule has 1 unspecified atom stereocenters. The van der Waals surface area contributed by atoms with E-state index in [9.17, 15) is 14.2 Å². The summed E-state index contributed by atoms with van der Waals surface area (Å²) in [4.78, 5) is 44.7. The third-order valence-corrected chi connectivity index (χ3v) is 14.8. The Morgan fingerprint density at radius 2 is 1.43 bits per heavy atom. The second-order valence-electron chi connectivity index (χ2n) is 20.1. The van der Waals surface area contributed by atoms with Gasteiger partial charge in [0, 0.05) is 77.1 Å². The summed E-state index contributed by atoms with van der Waals surface area (Å²) in [6.45, 7) is 20.3. The summed E-state index contributed by atoms with van der Waals surface area (Å²) in [6, 6.07) is 2.33. The smallest absolute Gasteiger partial charge is 0.410 e. The molecule has 3 aliphatic carbocycles. The van der Waals surface area contributed by atoms with Crippen molar-refractivity contribution in [3.8, 4) is 0 Å². The number of carbonyl (C=O) groups is 2. The number of aromatic nitrogens is 2. The van der Waals surface area contributed by atoms with Crippen LogP contribution in [0.4, 0.5) is 27.2 Å². The Morgan fingerprint density at radius 1 is 0.820 bits per heavy atom. The van der Waals surface area contributed by atoms with E-state index in [0.717, 1.165) is 109 Å². The van der Waals surface area contributed by atoms with Gasteiger partial charge >= 0.3 is 12.2 Å². The number of nitrogens with one attached hydrogen (secondary N) is 2. The normalized spacial score (nSPS) is 22.3. The first kappa shape index (κ1) is 49.2. The van der Waals surface area contributed by atoms with Gasteiger partial charge in [-0.2, -0.15) is 9.97 Å². The maximum atomic E-state index is 13.7. The number of rotatable bonds is 18. The first-order chi connectivity index (χ1) is 29.0. The Balaban J connectivity index is 1.07. The number of amides is 2. The lowest BCUT2D eigenvalue weighted by atomic mass is 9.81. The van der Waals surface area contributed by atoms with Crippen molar-refractivity contribution >= 4 is 37.3 Å². The second kappa shape index (κ2) is 23.2. The number of nitrogens with zero attached hydrogens (tertiary/aromatic N) is 6. The van der Waals surface area contributed by atoms with Gasteiger partial charge in [-0.15, -0.1) is 0 Å². The third-order valence-electron chi connectivity index (χ3n) is 12.6. The lowest BCUT2D eigenvalue weighted by molar-refractivity contribution is 0.00903. The zero-order chi connectivity index (χ0) is 44.0. The van der Waals surface area contributed by atoms with Gasteiger partial charge in [0.2, 0.25) is 5.95 Å². The molecule has 4 fully saturated rings. The molecule has 16 heteroatoms. The van der Waals surface area contributed by atoms with Crippen LogP contribution in [0.2, 0.25) is 0 Å². The molecule has 1 aliphatic heterocycles. The van der Waals surface area contributed by atoms with Gasteiger partial charge in [0.15, 0.2) is 0 Å². The zero-order valence-electron chi connectivity index (χ0n) is 38.9. The van der Waals surface area contributed by atoms with E-state index in [1.807, 2.05) is 64.3 Å². The van der Waals surface area contributed by atoms with Crippen LogP contribution in [0.5, 0.6) is 0 Å². The van der Waals surface area contributed by atoms with Crippen molar-refractivity contribution in [1.82, 2.24) is 29.8 Å². The van der Waals surface area contributed by atoms with Gasteiger partial charge in [-0.25, -0.2) is 14.7 Å². The van der Waals surface area contributed by atoms with Crippen molar-refractivity contribution < 1.29 is 28.2 Å². The maximum absolute atomic E-state index is 13.7. The van der Waals surface area contributed by atoms with Crippen LogP contribution < -0.4 is 21.0 Å². The molecule has 0 radical (unpaired) electrons. The van der Waals surface area contributed by atoms with E-state index in [0.29, 0.717) is 68.5 Å². The molecule has 348 valence electrons. The predicted octanol–water partition coefficient (Wildman–Crippen LogP) is 8.75. The van der Waals surface area contributed by atoms with E-state index < -0.39 is 18.7 Å². The SMILES string of the molecule is CCOP(=O)(CCN1CCN(c2cc(N)nc(NCC3CCC(CN(CCCN(C(=O)OC(C)(C)C)C4CCCCC4)C(=O)OC(C)(C)C)CC3)n2)CC1)NC1CCCCC1. The van der Waals surface area contributed by atoms with Crippen LogP contribution in [-0.2, 0) is 18.6 Å². The van der Waals surface area contributed by atoms with Gasteiger partial charge in [0.1, 0.15) is 22.8 Å². The molecule has 1 atom stereocenters. The van der Waals surface area contributed by atoms with Crippen molar-refractivity contribution in [3.05, 3.63) is 6.07 Å². The number of anilines is 3. The number of nitrogen functional groups attached to an aromatic ring is 1. The summed E-state index contributed by atoms with van der Waals surface area (Å²) in [5, 5.41) is 6.92. The van der Waals surface area contributed by atoms with E-state index in [1.165, 1.54) is 25.7 Å². The lowest BCUT2D eigenvalue weighted by Gasteiger charge is -2.37. The van der Waals surface area contributed by atoms with E-state index in [-0.39, 0.29) is 18.2 Å². The molecule has 4 N–H and O–H groups in total. The molecule has 2 amide bonds. The van der Waals surface area contributed by atoms with E-state index in [1.54, 1.807) is 0 Å². The van der Waals surface area contributed by atoms with E-state index in [4.69, 9.17) is 24.7 Å². The molecule has 1 aromatic rings. The van der Waals surface area contributed by atoms with Crippen LogP contribution in [0.1, 0.15) is 145 Å².